The third-order valence-corrected chi connectivity index (χ3v) is 4.46. The van der Waals surface area contributed by atoms with E-state index in [4.69, 9.17) is 11.6 Å². The summed E-state index contributed by atoms with van der Waals surface area (Å²) < 4.78 is 34.8. The van der Waals surface area contributed by atoms with Gasteiger partial charge in [-0.2, -0.15) is 8.42 Å². The van der Waals surface area contributed by atoms with Crippen LogP contribution in [0.3, 0.4) is 0 Å². The topological polar surface area (TPSA) is 71.5 Å². The fourth-order valence-corrected chi connectivity index (χ4v) is 2.96. The van der Waals surface area contributed by atoms with E-state index in [-0.39, 0.29) is 23.6 Å². The Morgan fingerprint density at radius 1 is 1.45 bits per heavy atom. The van der Waals surface area contributed by atoms with Gasteiger partial charge < -0.3 is 4.90 Å². The number of anilines is 1. The molecule has 1 atom stereocenters. The Kier molecular flexibility index (Phi) is 3.84. The molecule has 1 aromatic rings. The highest BCUT2D eigenvalue weighted by Gasteiger charge is 2.39. The second-order valence-electron chi connectivity index (χ2n) is 4.52. The summed E-state index contributed by atoms with van der Waals surface area (Å²) in [5.74, 6) is -0.858. The molecule has 1 heterocycles. The standard InChI is InChI=1S/C12H11ClFNO4S/c1-7(16)10-4-8(13)2-3-11(10)15-6-9(5-12(15)17)20(14,18)19/h2-4,9H,5-6H2,1H3. The first-order valence-corrected chi connectivity index (χ1v) is 7.57. The predicted octanol–water partition coefficient (Wildman–Crippen LogP) is 1.95. The Labute approximate surface area is 120 Å². The van der Waals surface area contributed by atoms with Crippen molar-refractivity contribution < 1.29 is 21.9 Å². The van der Waals surface area contributed by atoms with Gasteiger partial charge in [0, 0.05) is 23.6 Å². The highest BCUT2D eigenvalue weighted by molar-refractivity contribution is 7.87. The summed E-state index contributed by atoms with van der Waals surface area (Å²) in [6, 6.07) is 4.32. The molecule has 0 bridgehead atoms. The molecule has 20 heavy (non-hydrogen) atoms. The van der Waals surface area contributed by atoms with Gasteiger partial charge in [0.15, 0.2) is 5.78 Å². The number of rotatable bonds is 3. The molecule has 5 nitrogen and oxygen atoms in total. The Morgan fingerprint density at radius 3 is 2.60 bits per heavy atom. The van der Waals surface area contributed by atoms with E-state index >= 15 is 0 Å². The van der Waals surface area contributed by atoms with Crippen molar-refractivity contribution in [3.63, 3.8) is 0 Å². The van der Waals surface area contributed by atoms with Crippen LogP contribution in [0.15, 0.2) is 18.2 Å². The fraction of sp³-hybridized carbons (Fsp3) is 0.333. The number of halogens is 2. The number of benzene rings is 1. The second kappa shape index (κ2) is 5.14. The molecule has 0 N–H and O–H groups in total. The third-order valence-electron chi connectivity index (χ3n) is 3.12. The maximum Gasteiger partial charge on any atom is 0.307 e. The van der Waals surface area contributed by atoms with Crippen LogP contribution in [0.5, 0.6) is 0 Å². The lowest BCUT2D eigenvalue weighted by Crippen LogP contribution is -2.28. The number of hydrogen-bond acceptors (Lipinski definition) is 4. The van der Waals surface area contributed by atoms with Crippen molar-refractivity contribution in [2.75, 3.05) is 11.4 Å². The van der Waals surface area contributed by atoms with E-state index in [2.05, 4.69) is 0 Å². The maximum atomic E-state index is 13.0. The summed E-state index contributed by atoms with van der Waals surface area (Å²) in [7, 11) is -4.79. The summed E-state index contributed by atoms with van der Waals surface area (Å²) in [5, 5.41) is -1.08. The molecule has 1 aliphatic heterocycles. The second-order valence-corrected chi connectivity index (χ2v) is 6.58. The van der Waals surface area contributed by atoms with Gasteiger partial charge in [-0.25, -0.2) is 0 Å². The molecule has 1 aromatic carbocycles. The number of carbonyl (C=O) groups excluding carboxylic acids is 2. The van der Waals surface area contributed by atoms with E-state index < -0.39 is 27.8 Å². The molecule has 1 amide bonds. The lowest BCUT2D eigenvalue weighted by Gasteiger charge is -2.19. The average molecular weight is 320 g/mol. The van der Waals surface area contributed by atoms with Gasteiger partial charge in [0.2, 0.25) is 5.91 Å². The quantitative estimate of drug-likeness (QED) is 0.630. The first-order valence-electron chi connectivity index (χ1n) is 5.74. The largest absolute Gasteiger partial charge is 0.310 e. The zero-order valence-electron chi connectivity index (χ0n) is 10.5. The lowest BCUT2D eigenvalue weighted by molar-refractivity contribution is -0.117. The highest BCUT2D eigenvalue weighted by Crippen LogP contribution is 2.30. The summed E-state index contributed by atoms with van der Waals surface area (Å²) in [4.78, 5) is 24.5. The summed E-state index contributed by atoms with van der Waals surface area (Å²) in [5.41, 5.74) is 0.445. The monoisotopic (exact) mass is 319 g/mol. The van der Waals surface area contributed by atoms with Crippen LogP contribution in [-0.4, -0.2) is 31.9 Å². The van der Waals surface area contributed by atoms with Gasteiger partial charge in [-0.15, -0.1) is 3.89 Å². The van der Waals surface area contributed by atoms with Crippen LogP contribution >= 0.6 is 11.6 Å². The van der Waals surface area contributed by atoms with Gasteiger partial charge in [0.1, 0.15) is 5.25 Å². The van der Waals surface area contributed by atoms with Gasteiger partial charge in [0.05, 0.1) is 5.69 Å². The molecule has 0 radical (unpaired) electrons. The third kappa shape index (κ3) is 2.83. The first kappa shape index (κ1) is 14.9. The van der Waals surface area contributed by atoms with Crippen molar-refractivity contribution in [1.29, 1.82) is 0 Å². The van der Waals surface area contributed by atoms with Crippen molar-refractivity contribution in [3.8, 4) is 0 Å². The minimum Gasteiger partial charge on any atom is -0.310 e. The molecule has 0 aliphatic carbocycles. The Bertz CT molecular complexity index is 689. The molecular formula is C12H11ClFNO4S. The minimum absolute atomic E-state index is 0.197. The molecule has 0 aromatic heterocycles. The normalized spacial score (nSPS) is 19.4. The summed E-state index contributed by atoms with van der Waals surface area (Å²) in [6.45, 7) is 0.999. The molecule has 1 fully saturated rings. The minimum atomic E-state index is -4.79. The van der Waals surface area contributed by atoms with E-state index in [0.29, 0.717) is 5.02 Å². The van der Waals surface area contributed by atoms with Crippen LogP contribution < -0.4 is 4.90 Å². The first-order chi connectivity index (χ1) is 9.20. The number of Topliss-reactive ketones (excluding diaryl/α,β-unsaturated/α-hetero) is 1. The Balaban J connectivity index is 2.43. The van der Waals surface area contributed by atoms with Gasteiger partial charge >= 0.3 is 10.2 Å². The molecule has 0 spiro atoms. The van der Waals surface area contributed by atoms with Crippen LogP contribution in [-0.2, 0) is 15.0 Å². The number of amides is 1. The van der Waals surface area contributed by atoms with E-state index in [0.717, 1.165) is 4.90 Å². The SMILES string of the molecule is CC(=O)c1cc(Cl)ccc1N1CC(S(=O)(=O)F)CC1=O. The van der Waals surface area contributed by atoms with Crippen LogP contribution in [0.1, 0.15) is 23.7 Å². The van der Waals surface area contributed by atoms with Gasteiger partial charge in [-0.3, -0.25) is 9.59 Å². The smallest absolute Gasteiger partial charge is 0.307 e. The van der Waals surface area contributed by atoms with Crippen LogP contribution in [0, 0.1) is 0 Å². The van der Waals surface area contributed by atoms with Crippen molar-refractivity contribution >= 4 is 39.2 Å². The summed E-state index contributed by atoms with van der Waals surface area (Å²) >= 11 is 5.79. The molecule has 1 aliphatic rings. The fourth-order valence-electron chi connectivity index (χ4n) is 2.12. The Hall–Kier alpha value is -1.47. The number of hydrogen-bond donors (Lipinski definition) is 0. The molecule has 1 unspecified atom stereocenters. The van der Waals surface area contributed by atoms with Gasteiger partial charge in [0.25, 0.3) is 0 Å². The van der Waals surface area contributed by atoms with Crippen LogP contribution in [0.25, 0.3) is 0 Å². The van der Waals surface area contributed by atoms with E-state index in [1.54, 1.807) is 0 Å². The van der Waals surface area contributed by atoms with Crippen molar-refractivity contribution in [3.05, 3.63) is 28.8 Å². The molecule has 108 valence electrons. The molecule has 1 saturated heterocycles. The van der Waals surface area contributed by atoms with Crippen LogP contribution in [0.2, 0.25) is 5.02 Å². The zero-order valence-corrected chi connectivity index (χ0v) is 12.0. The van der Waals surface area contributed by atoms with Crippen molar-refractivity contribution in [2.24, 2.45) is 0 Å². The highest BCUT2D eigenvalue weighted by atomic mass is 35.5. The number of nitrogens with zero attached hydrogens (tertiary/aromatic N) is 1. The zero-order chi connectivity index (χ0) is 15.1. The number of ketones is 1. The molecule has 2 rings (SSSR count). The van der Waals surface area contributed by atoms with Crippen molar-refractivity contribution in [1.82, 2.24) is 0 Å². The lowest BCUT2D eigenvalue weighted by atomic mass is 10.1. The maximum absolute atomic E-state index is 13.0. The molecule has 8 heteroatoms. The molecule has 0 saturated carbocycles. The predicted molar refractivity (Wildman–Crippen MR) is 72.2 cm³/mol. The average Bonchev–Trinajstić information content (AvgIpc) is 2.71. The van der Waals surface area contributed by atoms with Crippen LogP contribution in [0.4, 0.5) is 9.57 Å². The molecular weight excluding hydrogens is 309 g/mol. The van der Waals surface area contributed by atoms with Gasteiger partial charge in [-0.05, 0) is 25.1 Å². The van der Waals surface area contributed by atoms with Crippen molar-refractivity contribution in [2.45, 2.75) is 18.6 Å². The van der Waals surface area contributed by atoms with Gasteiger partial charge in [-0.1, -0.05) is 11.6 Å². The van der Waals surface area contributed by atoms with E-state index in [9.17, 15) is 21.9 Å². The van der Waals surface area contributed by atoms with E-state index in [1.807, 2.05) is 0 Å². The van der Waals surface area contributed by atoms with E-state index in [1.165, 1.54) is 25.1 Å². The Morgan fingerprint density at radius 2 is 2.10 bits per heavy atom. The number of carbonyl (C=O) groups is 2. The summed E-state index contributed by atoms with van der Waals surface area (Å²) in [6.07, 6.45) is -0.432.